The highest BCUT2D eigenvalue weighted by molar-refractivity contribution is 5.95. The van der Waals surface area contributed by atoms with Gasteiger partial charge in [-0.2, -0.15) is 0 Å². The number of benzene rings is 1. The molecule has 0 unspecified atom stereocenters. The van der Waals surface area contributed by atoms with E-state index in [1.54, 1.807) is 7.11 Å². The maximum Gasteiger partial charge on any atom is 0.230 e. The van der Waals surface area contributed by atoms with Crippen LogP contribution in [-0.4, -0.2) is 50.1 Å². The van der Waals surface area contributed by atoms with Gasteiger partial charge in [0.1, 0.15) is 5.75 Å². The van der Waals surface area contributed by atoms with Gasteiger partial charge in [0.2, 0.25) is 5.91 Å². The summed E-state index contributed by atoms with van der Waals surface area (Å²) in [4.78, 5) is 17.8. The van der Waals surface area contributed by atoms with Crippen molar-refractivity contribution >= 4 is 16.8 Å². The molecule has 0 aliphatic rings. The zero-order valence-electron chi connectivity index (χ0n) is 14.0. The second-order valence-corrected chi connectivity index (χ2v) is 6.30. The van der Waals surface area contributed by atoms with Crippen LogP contribution in [0.4, 0.5) is 0 Å². The number of H-pyrrole nitrogens is 1. The highest BCUT2D eigenvalue weighted by Gasteiger charge is 2.32. The first-order valence-corrected chi connectivity index (χ1v) is 7.45. The second kappa shape index (κ2) is 6.40. The summed E-state index contributed by atoms with van der Waals surface area (Å²) >= 11 is 0. The molecule has 5 heteroatoms. The number of nitrogens with one attached hydrogen (secondary N) is 2. The molecule has 0 atom stereocenters. The normalized spacial score (nSPS) is 11.9. The summed E-state index contributed by atoms with van der Waals surface area (Å²) < 4.78 is 5.29. The van der Waals surface area contributed by atoms with Gasteiger partial charge in [0.15, 0.2) is 0 Å². The molecule has 1 amide bonds. The lowest BCUT2D eigenvalue weighted by Gasteiger charge is -2.24. The highest BCUT2D eigenvalue weighted by Crippen LogP contribution is 2.32. The van der Waals surface area contributed by atoms with Crippen molar-refractivity contribution in [3.05, 3.63) is 30.0 Å². The molecule has 120 valence electrons. The lowest BCUT2D eigenvalue weighted by atomic mass is 9.83. The Bertz CT molecular complexity index is 659. The third-order valence-corrected chi connectivity index (χ3v) is 3.97. The van der Waals surface area contributed by atoms with Crippen LogP contribution in [0.15, 0.2) is 24.4 Å². The summed E-state index contributed by atoms with van der Waals surface area (Å²) in [6.07, 6.45) is 1.91. The van der Waals surface area contributed by atoms with Gasteiger partial charge in [-0.3, -0.25) is 4.79 Å². The predicted octanol–water partition coefficient (Wildman–Crippen LogP) is 2.13. The van der Waals surface area contributed by atoms with E-state index in [1.807, 2.05) is 57.2 Å². The van der Waals surface area contributed by atoms with E-state index in [0.29, 0.717) is 6.54 Å². The van der Waals surface area contributed by atoms with Crippen molar-refractivity contribution in [1.29, 1.82) is 0 Å². The molecule has 0 saturated heterocycles. The minimum absolute atomic E-state index is 0.0260. The van der Waals surface area contributed by atoms with E-state index >= 15 is 0 Å². The molecular weight excluding hydrogens is 278 g/mol. The average molecular weight is 303 g/mol. The number of carbonyl (C=O) groups excluding carboxylic acids is 1. The second-order valence-electron chi connectivity index (χ2n) is 6.30. The Morgan fingerprint density at radius 3 is 2.73 bits per heavy atom. The van der Waals surface area contributed by atoms with Gasteiger partial charge >= 0.3 is 0 Å². The van der Waals surface area contributed by atoms with Gasteiger partial charge in [-0.25, -0.2) is 0 Å². The number of aromatic amines is 1. The van der Waals surface area contributed by atoms with E-state index in [0.717, 1.165) is 28.8 Å². The van der Waals surface area contributed by atoms with E-state index in [-0.39, 0.29) is 5.91 Å². The zero-order valence-corrected chi connectivity index (χ0v) is 14.0. The van der Waals surface area contributed by atoms with Crippen molar-refractivity contribution in [3.63, 3.8) is 0 Å². The van der Waals surface area contributed by atoms with Gasteiger partial charge in [-0.05, 0) is 51.7 Å². The summed E-state index contributed by atoms with van der Waals surface area (Å²) in [6.45, 7) is 5.35. The SMILES string of the molecule is COc1ccc2[nH]cc(C(C)(C)C(=O)NCCN(C)C)c2c1. The third kappa shape index (κ3) is 3.25. The van der Waals surface area contributed by atoms with Gasteiger partial charge in [-0.1, -0.05) is 0 Å². The van der Waals surface area contributed by atoms with Crippen molar-refractivity contribution in [3.8, 4) is 5.75 Å². The summed E-state index contributed by atoms with van der Waals surface area (Å²) in [7, 11) is 5.62. The Hall–Kier alpha value is -2.01. The first-order chi connectivity index (χ1) is 10.4. The summed E-state index contributed by atoms with van der Waals surface area (Å²) in [5.41, 5.74) is 1.37. The molecule has 0 saturated carbocycles. The Balaban J connectivity index is 2.26. The fraction of sp³-hybridized carbons (Fsp3) is 0.471. The Labute approximate surface area is 131 Å². The number of nitrogens with zero attached hydrogens (tertiary/aromatic N) is 1. The largest absolute Gasteiger partial charge is 0.497 e. The Morgan fingerprint density at radius 1 is 1.36 bits per heavy atom. The molecule has 0 bridgehead atoms. The Kier molecular flexibility index (Phi) is 4.76. The van der Waals surface area contributed by atoms with Crippen LogP contribution in [0.25, 0.3) is 10.9 Å². The number of aromatic nitrogens is 1. The molecular formula is C17H25N3O2. The van der Waals surface area contributed by atoms with Crippen molar-refractivity contribution in [2.24, 2.45) is 0 Å². The number of hydrogen-bond donors (Lipinski definition) is 2. The lowest BCUT2D eigenvalue weighted by Crippen LogP contribution is -2.42. The van der Waals surface area contributed by atoms with Crippen LogP contribution < -0.4 is 10.1 Å². The Morgan fingerprint density at radius 2 is 2.09 bits per heavy atom. The molecule has 0 fully saturated rings. The third-order valence-electron chi connectivity index (χ3n) is 3.97. The molecule has 1 heterocycles. The summed E-state index contributed by atoms with van der Waals surface area (Å²) in [5, 5.41) is 4.03. The number of hydrogen-bond acceptors (Lipinski definition) is 3. The van der Waals surface area contributed by atoms with Gasteiger partial charge < -0.3 is 19.9 Å². The van der Waals surface area contributed by atoms with Crippen LogP contribution in [0.3, 0.4) is 0 Å². The fourth-order valence-electron chi connectivity index (χ4n) is 2.48. The molecule has 1 aromatic heterocycles. The first-order valence-electron chi connectivity index (χ1n) is 7.45. The number of likely N-dealkylation sites (N-methyl/N-ethyl adjacent to an activating group) is 1. The molecule has 2 N–H and O–H groups in total. The molecule has 0 spiro atoms. The maximum atomic E-state index is 12.6. The molecule has 1 aromatic carbocycles. The number of fused-ring (bicyclic) bond motifs is 1. The van der Waals surface area contributed by atoms with E-state index in [9.17, 15) is 4.79 Å². The van der Waals surface area contributed by atoms with Crippen molar-refractivity contribution in [2.75, 3.05) is 34.3 Å². The smallest absolute Gasteiger partial charge is 0.230 e. The van der Waals surface area contributed by atoms with Crippen LogP contribution in [0.1, 0.15) is 19.4 Å². The fourth-order valence-corrected chi connectivity index (χ4v) is 2.48. The van der Waals surface area contributed by atoms with Crippen molar-refractivity contribution in [1.82, 2.24) is 15.2 Å². The molecule has 22 heavy (non-hydrogen) atoms. The minimum Gasteiger partial charge on any atom is -0.497 e. The van der Waals surface area contributed by atoms with Crippen molar-refractivity contribution in [2.45, 2.75) is 19.3 Å². The van der Waals surface area contributed by atoms with E-state index in [4.69, 9.17) is 4.74 Å². The van der Waals surface area contributed by atoms with Gasteiger partial charge in [-0.15, -0.1) is 0 Å². The van der Waals surface area contributed by atoms with Gasteiger partial charge in [0.25, 0.3) is 0 Å². The molecule has 0 aliphatic heterocycles. The molecule has 2 aromatic rings. The van der Waals surface area contributed by atoms with Gasteiger partial charge in [0.05, 0.1) is 12.5 Å². The standard InChI is InChI=1S/C17H25N3O2/c1-17(2,16(21)18-8-9-20(3)4)14-11-19-15-7-6-12(22-5)10-13(14)15/h6-7,10-11,19H,8-9H2,1-5H3,(H,18,21). The zero-order chi connectivity index (χ0) is 16.3. The number of amides is 1. The monoisotopic (exact) mass is 303 g/mol. The average Bonchev–Trinajstić information content (AvgIpc) is 2.90. The topological polar surface area (TPSA) is 57.4 Å². The van der Waals surface area contributed by atoms with Crippen molar-refractivity contribution < 1.29 is 9.53 Å². The number of carbonyl (C=O) groups is 1. The number of rotatable bonds is 6. The van der Waals surface area contributed by atoms with Crippen LogP contribution in [-0.2, 0) is 10.2 Å². The molecule has 2 rings (SSSR count). The van der Waals surface area contributed by atoms with Crippen LogP contribution in [0.5, 0.6) is 5.75 Å². The van der Waals surface area contributed by atoms with Crippen LogP contribution in [0, 0.1) is 0 Å². The maximum absolute atomic E-state index is 12.6. The van der Waals surface area contributed by atoms with E-state index in [1.165, 1.54) is 0 Å². The summed E-state index contributed by atoms with van der Waals surface area (Å²) in [5.74, 6) is 0.815. The molecule has 0 radical (unpaired) electrons. The number of methoxy groups -OCH3 is 1. The predicted molar refractivity (Wildman–Crippen MR) is 89.4 cm³/mol. The number of ether oxygens (including phenoxy) is 1. The lowest BCUT2D eigenvalue weighted by molar-refractivity contribution is -0.125. The van der Waals surface area contributed by atoms with E-state index < -0.39 is 5.41 Å². The summed E-state index contributed by atoms with van der Waals surface area (Å²) in [6, 6.07) is 5.85. The van der Waals surface area contributed by atoms with E-state index in [2.05, 4.69) is 10.3 Å². The highest BCUT2D eigenvalue weighted by atomic mass is 16.5. The molecule has 0 aliphatic carbocycles. The quantitative estimate of drug-likeness (QED) is 0.859. The van der Waals surface area contributed by atoms with Gasteiger partial charge in [0, 0.05) is 30.2 Å². The first kappa shape index (κ1) is 16.4. The minimum atomic E-state index is -0.614. The van der Waals surface area contributed by atoms with Crippen LogP contribution >= 0.6 is 0 Å². The molecule has 5 nitrogen and oxygen atoms in total. The van der Waals surface area contributed by atoms with Crippen LogP contribution in [0.2, 0.25) is 0 Å².